The van der Waals surface area contributed by atoms with Gasteiger partial charge in [-0.1, -0.05) is 0 Å². The number of aromatic amines is 2. The highest BCUT2D eigenvalue weighted by Crippen LogP contribution is 2.04. The van der Waals surface area contributed by atoms with Gasteiger partial charge >= 0.3 is 5.97 Å². The standard InChI is InChI=1S/C20H31N9O5/c21-4-2-1-3-15(20(33)34)29-19(32)16(6-13-8-24-11-27-13)28-17(30)9-25-18(31)14(22)5-12-7-23-10-26-12/h7-8,10-11,14-16H,1-6,9,21-22H2,(H,23,26)(H,24,27)(H,25,31)(H,28,30)(H,29,32)(H,33,34). The van der Waals surface area contributed by atoms with E-state index in [-0.39, 0.29) is 19.3 Å². The number of nitrogens with two attached hydrogens (primary N) is 2. The Morgan fingerprint density at radius 2 is 1.59 bits per heavy atom. The first-order valence-corrected chi connectivity index (χ1v) is 10.8. The lowest BCUT2D eigenvalue weighted by atomic mass is 10.1. The van der Waals surface area contributed by atoms with E-state index in [1.54, 1.807) is 6.20 Å². The van der Waals surface area contributed by atoms with Crippen molar-refractivity contribution in [3.63, 3.8) is 0 Å². The zero-order chi connectivity index (χ0) is 24.9. The van der Waals surface area contributed by atoms with E-state index in [1.807, 2.05) is 0 Å². The maximum atomic E-state index is 12.8. The molecule has 14 heteroatoms. The number of amides is 3. The van der Waals surface area contributed by atoms with E-state index in [0.717, 1.165) is 0 Å². The van der Waals surface area contributed by atoms with Crippen molar-refractivity contribution >= 4 is 23.7 Å². The summed E-state index contributed by atoms with van der Waals surface area (Å²) in [6, 6.07) is -3.12. The zero-order valence-corrected chi connectivity index (χ0v) is 18.6. The van der Waals surface area contributed by atoms with Crippen molar-refractivity contribution in [2.45, 2.75) is 50.2 Å². The number of H-pyrrole nitrogens is 2. The number of hydrogen-bond acceptors (Lipinski definition) is 8. The maximum absolute atomic E-state index is 12.8. The molecule has 14 nitrogen and oxygen atoms in total. The third kappa shape index (κ3) is 8.99. The van der Waals surface area contributed by atoms with E-state index in [9.17, 15) is 24.3 Å². The number of nitrogens with zero attached hydrogens (tertiary/aromatic N) is 2. The molecule has 0 fully saturated rings. The van der Waals surface area contributed by atoms with Crippen LogP contribution in [0.25, 0.3) is 0 Å². The molecule has 2 heterocycles. The molecule has 0 aliphatic rings. The van der Waals surface area contributed by atoms with Crippen LogP contribution >= 0.6 is 0 Å². The largest absolute Gasteiger partial charge is 0.480 e. The van der Waals surface area contributed by atoms with Crippen LogP contribution in [0, 0.1) is 0 Å². The number of unbranched alkanes of at least 4 members (excludes halogenated alkanes) is 1. The Kier molecular flexibility index (Phi) is 10.7. The minimum Gasteiger partial charge on any atom is -0.480 e. The van der Waals surface area contributed by atoms with Crippen LogP contribution in [-0.2, 0) is 32.0 Å². The summed E-state index contributed by atoms with van der Waals surface area (Å²) in [5.74, 6) is -3.05. The second-order valence-corrected chi connectivity index (χ2v) is 7.69. The summed E-state index contributed by atoms with van der Waals surface area (Å²) < 4.78 is 0. The lowest BCUT2D eigenvalue weighted by Crippen LogP contribution is -2.54. The first-order chi connectivity index (χ1) is 16.3. The first kappa shape index (κ1) is 26.5. The Labute approximate surface area is 195 Å². The number of imidazole rings is 2. The Hall–Kier alpha value is -3.78. The number of hydrogen-bond donors (Lipinski definition) is 8. The van der Waals surface area contributed by atoms with E-state index in [1.165, 1.54) is 18.9 Å². The van der Waals surface area contributed by atoms with E-state index in [0.29, 0.717) is 30.8 Å². The highest BCUT2D eigenvalue weighted by molar-refractivity contribution is 5.92. The van der Waals surface area contributed by atoms with Crippen LogP contribution in [0.15, 0.2) is 25.0 Å². The van der Waals surface area contributed by atoms with Gasteiger partial charge in [0.15, 0.2) is 0 Å². The molecule has 2 rings (SSSR count). The van der Waals surface area contributed by atoms with Crippen LogP contribution in [0.4, 0.5) is 0 Å². The van der Waals surface area contributed by atoms with E-state index in [2.05, 4.69) is 35.9 Å². The second kappa shape index (κ2) is 13.7. The molecule has 3 unspecified atom stereocenters. The maximum Gasteiger partial charge on any atom is 0.326 e. The van der Waals surface area contributed by atoms with Gasteiger partial charge in [-0.05, 0) is 25.8 Å². The van der Waals surface area contributed by atoms with Crippen LogP contribution in [-0.4, -0.2) is 79.9 Å². The molecule has 2 aromatic rings. The molecule has 0 aliphatic carbocycles. The van der Waals surface area contributed by atoms with Crippen LogP contribution in [0.5, 0.6) is 0 Å². The van der Waals surface area contributed by atoms with Gasteiger partial charge < -0.3 is 42.5 Å². The van der Waals surface area contributed by atoms with Crippen LogP contribution in [0.1, 0.15) is 30.7 Å². The summed E-state index contributed by atoms with van der Waals surface area (Å²) in [5, 5.41) is 16.8. The molecule has 3 atom stereocenters. The van der Waals surface area contributed by atoms with E-state index < -0.39 is 48.4 Å². The molecular weight excluding hydrogens is 446 g/mol. The molecule has 34 heavy (non-hydrogen) atoms. The molecule has 0 saturated carbocycles. The number of carboxylic acid groups (broad SMARTS) is 1. The number of nitrogens with one attached hydrogen (secondary N) is 5. The fourth-order valence-corrected chi connectivity index (χ4v) is 3.12. The van der Waals surface area contributed by atoms with Gasteiger partial charge in [-0.25, -0.2) is 14.8 Å². The number of aromatic nitrogens is 4. The normalized spacial score (nSPS) is 13.5. The summed E-state index contributed by atoms with van der Waals surface area (Å²) in [7, 11) is 0. The molecule has 186 valence electrons. The Morgan fingerprint density at radius 1 is 0.941 bits per heavy atom. The third-order valence-electron chi connectivity index (χ3n) is 4.95. The zero-order valence-electron chi connectivity index (χ0n) is 18.6. The van der Waals surface area contributed by atoms with Gasteiger partial charge in [0.2, 0.25) is 17.7 Å². The van der Waals surface area contributed by atoms with Gasteiger partial charge in [0.25, 0.3) is 0 Å². The molecule has 2 aromatic heterocycles. The number of aliphatic carboxylic acids is 1. The Bertz CT molecular complexity index is 917. The van der Waals surface area contributed by atoms with Crippen molar-refractivity contribution in [3.8, 4) is 0 Å². The quantitative estimate of drug-likeness (QED) is 0.127. The fourth-order valence-electron chi connectivity index (χ4n) is 3.12. The van der Waals surface area contributed by atoms with Crippen molar-refractivity contribution in [2.75, 3.05) is 13.1 Å². The van der Waals surface area contributed by atoms with Gasteiger partial charge in [0.1, 0.15) is 12.1 Å². The molecule has 0 aliphatic heterocycles. The molecule has 0 radical (unpaired) electrons. The minimum atomic E-state index is -1.18. The average molecular weight is 478 g/mol. The lowest BCUT2D eigenvalue weighted by molar-refractivity contribution is -0.142. The van der Waals surface area contributed by atoms with Gasteiger partial charge in [0, 0.05) is 36.6 Å². The van der Waals surface area contributed by atoms with Gasteiger partial charge in [-0.15, -0.1) is 0 Å². The highest BCUT2D eigenvalue weighted by Gasteiger charge is 2.27. The van der Waals surface area contributed by atoms with Gasteiger partial charge in [0.05, 0.1) is 25.2 Å². The summed E-state index contributed by atoms with van der Waals surface area (Å²) in [6.07, 6.45) is 7.50. The topological polar surface area (TPSA) is 234 Å². The summed E-state index contributed by atoms with van der Waals surface area (Å²) in [4.78, 5) is 62.4. The van der Waals surface area contributed by atoms with Crippen LogP contribution in [0.2, 0.25) is 0 Å². The van der Waals surface area contributed by atoms with Crippen LogP contribution in [0.3, 0.4) is 0 Å². The smallest absolute Gasteiger partial charge is 0.326 e. The molecule has 3 amide bonds. The predicted molar refractivity (Wildman–Crippen MR) is 120 cm³/mol. The molecule has 0 spiro atoms. The molecule has 0 aromatic carbocycles. The van der Waals surface area contributed by atoms with Crippen molar-refractivity contribution in [1.29, 1.82) is 0 Å². The van der Waals surface area contributed by atoms with Gasteiger partial charge in [-0.3, -0.25) is 14.4 Å². The summed E-state index contributed by atoms with van der Waals surface area (Å²) in [5.41, 5.74) is 12.5. The van der Waals surface area contributed by atoms with Gasteiger partial charge in [-0.2, -0.15) is 0 Å². The van der Waals surface area contributed by atoms with Crippen molar-refractivity contribution < 1.29 is 24.3 Å². The number of rotatable bonds is 15. The SMILES string of the molecule is NCCCCC(NC(=O)C(Cc1cnc[nH]1)NC(=O)CNC(=O)C(N)Cc1cnc[nH]1)C(=O)O. The lowest BCUT2D eigenvalue weighted by Gasteiger charge is -2.21. The monoisotopic (exact) mass is 477 g/mol. The minimum absolute atomic E-state index is 0.0417. The first-order valence-electron chi connectivity index (χ1n) is 10.8. The Morgan fingerprint density at radius 3 is 2.15 bits per heavy atom. The molecule has 0 bridgehead atoms. The van der Waals surface area contributed by atoms with Crippen molar-refractivity contribution in [3.05, 3.63) is 36.4 Å². The third-order valence-corrected chi connectivity index (χ3v) is 4.95. The molecular formula is C20H31N9O5. The summed E-state index contributed by atoms with van der Waals surface area (Å²) >= 11 is 0. The van der Waals surface area contributed by atoms with Crippen molar-refractivity contribution in [1.82, 2.24) is 35.9 Å². The van der Waals surface area contributed by atoms with E-state index in [4.69, 9.17) is 11.5 Å². The number of carboxylic acids is 1. The molecule has 0 saturated heterocycles. The summed E-state index contributed by atoms with van der Waals surface area (Å²) in [6.45, 7) is -0.00279. The number of carbonyl (C=O) groups is 4. The highest BCUT2D eigenvalue weighted by atomic mass is 16.4. The van der Waals surface area contributed by atoms with Crippen LogP contribution < -0.4 is 27.4 Å². The van der Waals surface area contributed by atoms with E-state index >= 15 is 0 Å². The molecule has 10 N–H and O–H groups in total. The fraction of sp³-hybridized carbons (Fsp3) is 0.500. The predicted octanol–water partition coefficient (Wildman–Crippen LogP) is -2.46. The second-order valence-electron chi connectivity index (χ2n) is 7.69. The average Bonchev–Trinajstić information content (AvgIpc) is 3.50. The number of carbonyl (C=O) groups excluding carboxylic acids is 3. The Balaban J connectivity index is 1.94. The van der Waals surface area contributed by atoms with Crippen molar-refractivity contribution in [2.24, 2.45) is 11.5 Å².